The van der Waals surface area contributed by atoms with Gasteiger partial charge in [-0.05, 0) is 19.4 Å². The van der Waals surface area contributed by atoms with Crippen LogP contribution in [-0.4, -0.2) is 80.3 Å². The van der Waals surface area contributed by atoms with Crippen LogP contribution in [0.4, 0.5) is 0 Å². The van der Waals surface area contributed by atoms with E-state index in [0.717, 1.165) is 0 Å². The van der Waals surface area contributed by atoms with Gasteiger partial charge in [0, 0.05) is 36.0 Å². The zero-order valence-electron chi connectivity index (χ0n) is 21.3. The first-order valence-electron chi connectivity index (χ1n) is 12.4. The van der Waals surface area contributed by atoms with E-state index in [0.29, 0.717) is 0 Å². The number of hydrogen-bond donors (Lipinski definition) is 6. The molecule has 3 unspecified atom stereocenters. The number of fused-ring (bicyclic) bond motifs is 3. The Hall–Kier alpha value is -3.39. The molecule has 0 bridgehead atoms. The van der Waals surface area contributed by atoms with Gasteiger partial charge in [-0.15, -0.1) is 0 Å². The van der Waals surface area contributed by atoms with E-state index >= 15 is 0 Å². The van der Waals surface area contributed by atoms with E-state index in [2.05, 4.69) is 0 Å². The second kappa shape index (κ2) is 9.37. The van der Waals surface area contributed by atoms with Crippen molar-refractivity contribution in [3.05, 3.63) is 51.6 Å². The molecule has 5 rings (SSSR count). The minimum Gasteiger partial charge on any atom is -0.507 e. The molecule has 12 heteroatoms. The second-order valence-corrected chi connectivity index (χ2v) is 10.2. The Balaban J connectivity index is 1.68. The summed E-state index contributed by atoms with van der Waals surface area (Å²) < 4.78 is 17.0. The molecule has 0 radical (unpaired) electrons. The fraction of sp³-hybridized carbons (Fsp3) is 0.444. The number of carbonyl (C=O) groups excluding carboxylic acids is 3. The monoisotopic (exact) mass is 543 g/mol. The van der Waals surface area contributed by atoms with Crippen molar-refractivity contribution in [2.24, 2.45) is 5.73 Å². The van der Waals surface area contributed by atoms with Gasteiger partial charge in [0.25, 0.3) is 0 Å². The molecule has 7 N–H and O–H groups in total. The highest BCUT2D eigenvalue weighted by molar-refractivity contribution is 6.31. The first-order valence-corrected chi connectivity index (χ1v) is 12.4. The predicted octanol–water partition coefficient (Wildman–Crippen LogP) is 0.350. The number of aliphatic hydroxyl groups is 3. The normalized spacial score (nSPS) is 29.8. The minimum absolute atomic E-state index is 0.0503. The molecule has 2 aromatic carbocycles. The third-order valence-corrected chi connectivity index (χ3v) is 7.90. The summed E-state index contributed by atoms with van der Waals surface area (Å²) in [5.74, 6) is -3.75. The first kappa shape index (κ1) is 27.2. The van der Waals surface area contributed by atoms with Crippen molar-refractivity contribution >= 4 is 17.3 Å². The summed E-state index contributed by atoms with van der Waals surface area (Å²) in [5.41, 5.74) is 0.602. The number of aliphatic hydroxyl groups excluding tert-OH is 1. The zero-order valence-corrected chi connectivity index (χ0v) is 21.3. The van der Waals surface area contributed by atoms with Gasteiger partial charge in [0.2, 0.25) is 5.78 Å². The van der Waals surface area contributed by atoms with Gasteiger partial charge in [0.05, 0.1) is 36.0 Å². The number of rotatable bonds is 5. The molecule has 2 aromatic rings. The van der Waals surface area contributed by atoms with E-state index in [4.69, 9.17) is 19.9 Å². The van der Waals surface area contributed by atoms with Crippen LogP contribution in [0.2, 0.25) is 0 Å². The maximum atomic E-state index is 13.6. The van der Waals surface area contributed by atoms with Crippen LogP contribution in [0.3, 0.4) is 0 Å². The highest BCUT2D eigenvalue weighted by Crippen LogP contribution is 2.52. The summed E-state index contributed by atoms with van der Waals surface area (Å²) in [4.78, 5) is 39.7. The maximum Gasteiger partial charge on any atom is 0.202 e. The van der Waals surface area contributed by atoms with E-state index in [1.165, 1.54) is 32.2 Å². The molecule has 0 spiro atoms. The van der Waals surface area contributed by atoms with Crippen molar-refractivity contribution in [2.75, 3.05) is 13.7 Å². The number of benzene rings is 2. The lowest BCUT2D eigenvalue weighted by Gasteiger charge is -2.43. The number of aromatic hydroxyl groups is 2. The highest BCUT2D eigenvalue weighted by atomic mass is 16.7. The van der Waals surface area contributed by atoms with Crippen molar-refractivity contribution < 1.29 is 54.1 Å². The largest absolute Gasteiger partial charge is 0.507 e. The van der Waals surface area contributed by atoms with Crippen LogP contribution in [0.25, 0.3) is 0 Å². The third kappa shape index (κ3) is 4.11. The number of nitrogens with two attached hydrogens (primary N) is 1. The number of phenols is 2. The molecule has 0 amide bonds. The number of ketones is 3. The smallest absolute Gasteiger partial charge is 0.202 e. The third-order valence-electron chi connectivity index (χ3n) is 7.90. The lowest BCUT2D eigenvalue weighted by atomic mass is 9.72. The minimum atomic E-state index is -2.23. The van der Waals surface area contributed by atoms with Gasteiger partial charge in [-0.1, -0.05) is 12.1 Å². The molecule has 208 valence electrons. The molecule has 39 heavy (non-hydrogen) atoms. The van der Waals surface area contributed by atoms with Crippen LogP contribution in [0.5, 0.6) is 17.2 Å². The zero-order chi connectivity index (χ0) is 28.4. The molecule has 1 heterocycles. The van der Waals surface area contributed by atoms with Gasteiger partial charge >= 0.3 is 0 Å². The summed E-state index contributed by atoms with van der Waals surface area (Å²) >= 11 is 0. The van der Waals surface area contributed by atoms with E-state index in [1.54, 1.807) is 0 Å². The molecule has 5 atom stereocenters. The molecule has 1 fully saturated rings. The van der Waals surface area contributed by atoms with Crippen LogP contribution in [-0.2, 0) is 20.7 Å². The molecular formula is C27H29NO11. The lowest BCUT2D eigenvalue weighted by molar-refractivity contribution is -0.266. The summed E-state index contributed by atoms with van der Waals surface area (Å²) in [6, 6.07) is 4.37. The molecule has 12 nitrogen and oxygen atoms in total. The van der Waals surface area contributed by atoms with Gasteiger partial charge in [-0.3, -0.25) is 14.4 Å². The number of phenolic OH excluding ortho intramolecular Hbond substituents is 2. The van der Waals surface area contributed by atoms with Gasteiger partial charge in [0.1, 0.15) is 35.2 Å². The Bertz CT molecular complexity index is 1400. The highest BCUT2D eigenvalue weighted by Gasteiger charge is 2.50. The second-order valence-electron chi connectivity index (χ2n) is 10.2. The maximum absolute atomic E-state index is 13.6. The summed E-state index contributed by atoms with van der Waals surface area (Å²) in [7, 11) is 1.32. The topological polar surface area (TPSA) is 206 Å². The van der Waals surface area contributed by atoms with E-state index in [1.807, 2.05) is 0 Å². The number of hydrogen-bond acceptors (Lipinski definition) is 12. The van der Waals surface area contributed by atoms with Crippen molar-refractivity contribution in [2.45, 2.75) is 62.4 Å². The van der Waals surface area contributed by atoms with Crippen molar-refractivity contribution in [1.82, 2.24) is 0 Å². The molecule has 3 aliphatic rings. The van der Waals surface area contributed by atoms with E-state index < -0.39 is 89.2 Å². The van der Waals surface area contributed by atoms with Crippen molar-refractivity contribution in [3.8, 4) is 17.2 Å². The van der Waals surface area contributed by atoms with Crippen LogP contribution < -0.4 is 10.5 Å². The van der Waals surface area contributed by atoms with E-state index in [9.17, 15) is 39.9 Å². The molecule has 0 saturated carbocycles. The van der Waals surface area contributed by atoms with Gasteiger partial charge in [-0.2, -0.15) is 0 Å². The summed E-state index contributed by atoms with van der Waals surface area (Å²) in [6.45, 7) is 0.517. The molecule has 1 aliphatic heterocycles. The number of carbonyl (C=O) groups is 3. The molecule has 0 aromatic heterocycles. The lowest BCUT2D eigenvalue weighted by Crippen LogP contribution is -2.56. The van der Waals surface area contributed by atoms with Crippen molar-refractivity contribution in [3.63, 3.8) is 0 Å². The molecule has 1 saturated heterocycles. The quantitative estimate of drug-likeness (QED) is 0.190. The number of ether oxygens (including phenoxy) is 3. The SMILES string of the molecule is COc1cccc2c1C(=O)c1c(O)c3c(c(O)c1C2=O)C[C@@](O)(C(=O)CO)C[C@@H]3OC1CCC(N)(O)C(C)O1. The van der Waals surface area contributed by atoms with Gasteiger partial charge in [0.15, 0.2) is 17.9 Å². The molecule has 2 aliphatic carbocycles. The Morgan fingerprint density at radius 2 is 1.82 bits per heavy atom. The Labute approximate surface area is 222 Å². The first-order chi connectivity index (χ1) is 18.3. The fourth-order valence-electron chi connectivity index (χ4n) is 5.64. The van der Waals surface area contributed by atoms with Crippen LogP contribution >= 0.6 is 0 Å². The van der Waals surface area contributed by atoms with Gasteiger partial charge < -0.3 is 45.5 Å². The average molecular weight is 544 g/mol. The Morgan fingerprint density at radius 1 is 1.13 bits per heavy atom. The van der Waals surface area contributed by atoms with Crippen LogP contribution in [0.15, 0.2) is 18.2 Å². The Kier molecular flexibility index (Phi) is 6.53. The van der Waals surface area contributed by atoms with E-state index in [-0.39, 0.29) is 40.8 Å². The number of Topliss-reactive ketones (excluding diaryl/α,β-unsaturated/α-hetero) is 1. The van der Waals surface area contributed by atoms with Gasteiger partial charge in [-0.25, -0.2) is 0 Å². The van der Waals surface area contributed by atoms with Crippen LogP contribution in [0.1, 0.15) is 75.3 Å². The number of methoxy groups -OCH3 is 1. The summed E-state index contributed by atoms with van der Waals surface area (Å²) in [6.07, 6.45) is -4.03. The summed E-state index contributed by atoms with van der Waals surface area (Å²) in [5, 5.41) is 53.8. The fourth-order valence-corrected chi connectivity index (χ4v) is 5.64. The van der Waals surface area contributed by atoms with Crippen LogP contribution in [0, 0.1) is 0 Å². The predicted molar refractivity (Wildman–Crippen MR) is 132 cm³/mol. The standard InChI is InChI=1S/C27H29NO11/c1-11-27(28,36)7-6-17(38-11)39-15-9-26(35,16(30)10-29)8-13-19(15)25(34)21-20(23(13)32)22(31)12-4-3-5-14(37-2)18(12)24(21)33/h3-5,11,15,17,29,32,34-36H,6-10,28H2,1-2H3/t11?,15-,17?,26-,27?/m0/s1. The average Bonchev–Trinajstić information content (AvgIpc) is 2.90. The Morgan fingerprint density at radius 3 is 2.46 bits per heavy atom. The van der Waals surface area contributed by atoms with Crippen molar-refractivity contribution in [1.29, 1.82) is 0 Å². The molecular weight excluding hydrogens is 514 g/mol.